The number of unbranched alkanes of at least 4 members (excludes halogenated alkanes) is 2. The van der Waals surface area contributed by atoms with Crippen LogP contribution in [-0.4, -0.2) is 28.0 Å². The molecule has 24 heavy (non-hydrogen) atoms. The third-order valence-electron chi connectivity index (χ3n) is 3.57. The van der Waals surface area contributed by atoms with Crippen molar-refractivity contribution in [3.8, 4) is 0 Å². The van der Waals surface area contributed by atoms with Gasteiger partial charge in [-0.25, -0.2) is 4.79 Å². The molecule has 8 nitrogen and oxygen atoms in total. The molecular weight excluding hydrogens is 314 g/mol. The Labute approximate surface area is 137 Å². The van der Waals surface area contributed by atoms with Crippen molar-refractivity contribution >= 4 is 22.8 Å². The van der Waals surface area contributed by atoms with Crippen LogP contribution in [0.4, 0.5) is 0 Å². The van der Waals surface area contributed by atoms with Crippen LogP contribution in [0.25, 0.3) is 10.9 Å². The summed E-state index contributed by atoms with van der Waals surface area (Å²) >= 11 is 0. The van der Waals surface area contributed by atoms with Crippen molar-refractivity contribution in [2.45, 2.75) is 32.2 Å². The molecule has 0 saturated carbocycles. The minimum atomic E-state index is -1.09. The van der Waals surface area contributed by atoms with Crippen molar-refractivity contribution in [1.82, 2.24) is 14.9 Å². The van der Waals surface area contributed by atoms with E-state index in [1.807, 2.05) is 0 Å². The van der Waals surface area contributed by atoms with Crippen molar-refractivity contribution in [2.24, 2.45) is 0 Å². The molecule has 128 valence electrons. The predicted octanol–water partition coefficient (Wildman–Crippen LogP) is -0.884. The van der Waals surface area contributed by atoms with Crippen LogP contribution in [0, 0.1) is 0 Å². The normalized spacial score (nSPS) is 10.7. The Balaban J connectivity index is 1.93. The number of hydrogen-bond acceptors (Lipinski definition) is 5. The molecule has 8 heteroatoms. The van der Waals surface area contributed by atoms with Gasteiger partial charge in [-0.05, 0) is 31.4 Å². The second kappa shape index (κ2) is 8.09. The number of carbonyl (C=O) groups excluding carboxylic acids is 2. The maximum absolute atomic E-state index is 12.3. The molecule has 1 amide bonds. The molecule has 2 N–H and O–H groups in total. The lowest BCUT2D eigenvalue weighted by atomic mass is 10.2. The number of aliphatic carboxylic acids is 1. The van der Waals surface area contributed by atoms with Crippen LogP contribution in [0.15, 0.2) is 33.9 Å². The number of para-hydroxylation sites is 1. The largest absolute Gasteiger partial charge is 0.550 e. The second-order valence-corrected chi connectivity index (χ2v) is 5.40. The number of rotatable bonds is 8. The Hall–Kier alpha value is -2.90. The lowest BCUT2D eigenvalue weighted by molar-refractivity contribution is -0.305. The molecule has 1 aromatic carbocycles. The first kappa shape index (κ1) is 17.5. The number of nitrogens with one attached hydrogen (secondary N) is 2. The predicted molar refractivity (Wildman–Crippen MR) is 85.3 cm³/mol. The van der Waals surface area contributed by atoms with Crippen molar-refractivity contribution in [1.29, 1.82) is 0 Å². The Bertz CT molecular complexity index is 853. The number of amides is 1. The van der Waals surface area contributed by atoms with Crippen LogP contribution in [0.1, 0.15) is 25.7 Å². The third-order valence-corrected chi connectivity index (χ3v) is 3.57. The van der Waals surface area contributed by atoms with Gasteiger partial charge in [0.2, 0.25) is 5.91 Å². The monoisotopic (exact) mass is 332 g/mol. The number of nitrogens with zero attached hydrogens (tertiary/aromatic N) is 1. The van der Waals surface area contributed by atoms with E-state index in [-0.39, 0.29) is 13.0 Å². The van der Waals surface area contributed by atoms with Gasteiger partial charge in [-0.2, -0.15) is 0 Å². The number of aromatic amines is 1. The molecule has 0 aliphatic carbocycles. The minimum Gasteiger partial charge on any atom is -0.550 e. The molecule has 0 radical (unpaired) electrons. The molecule has 0 unspecified atom stereocenters. The summed E-state index contributed by atoms with van der Waals surface area (Å²) in [5.41, 5.74) is -0.724. The van der Waals surface area contributed by atoms with Crippen molar-refractivity contribution in [3.63, 3.8) is 0 Å². The van der Waals surface area contributed by atoms with Crippen LogP contribution in [0.2, 0.25) is 0 Å². The molecule has 0 aliphatic rings. The topological polar surface area (TPSA) is 124 Å². The smallest absolute Gasteiger partial charge is 0.329 e. The zero-order valence-electron chi connectivity index (χ0n) is 13.0. The highest BCUT2D eigenvalue weighted by molar-refractivity contribution is 5.78. The van der Waals surface area contributed by atoms with E-state index in [4.69, 9.17) is 0 Å². The molecule has 2 rings (SSSR count). The molecule has 0 spiro atoms. The molecule has 0 aliphatic heterocycles. The first-order valence-corrected chi connectivity index (χ1v) is 7.67. The first-order valence-electron chi connectivity index (χ1n) is 7.67. The number of carboxylic acid groups (broad SMARTS) is 1. The molecular formula is C16H18N3O5-. The average Bonchev–Trinajstić information content (AvgIpc) is 2.54. The van der Waals surface area contributed by atoms with E-state index in [2.05, 4.69) is 10.3 Å². The van der Waals surface area contributed by atoms with Gasteiger partial charge in [-0.3, -0.25) is 14.2 Å². The number of fused-ring (bicyclic) bond motifs is 1. The SMILES string of the molecule is O=C([O-])CCCCCNC(=O)Cn1c(=O)[nH]c2ccccc2c1=O. The number of carboxylic acids is 1. The highest BCUT2D eigenvalue weighted by Gasteiger charge is 2.10. The number of carbonyl (C=O) groups is 2. The summed E-state index contributed by atoms with van der Waals surface area (Å²) in [7, 11) is 0. The Morgan fingerprint density at radius 3 is 2.62 bits per heavy atom. The van der Waals surface area contributed by atoms with Crippen molar-refractivity contribution in [3.05, 3.63) is 45.1 Å². The van der Waals surface area contributed by atoms with Crippen LogP contribution in [-0.2, 0) is 16.1 Å². The quantitative estimate of drug-likeness (QED) is 0.607. The van der Waals surface area contributed by atoms with Crippen LogP contribution in [0.5, 0.6) is 0 Å². The maximum atomic E-state index is 12.3. The zero-order chi connectivity index (χ0) is 17.5. The summed E-state index contributed by atoms with van der Waals surface area (Å²) in [6, 6.07) is 6.59. The first-order chi connectivity index (χ1) is 11.5. The van der Waals surface area contributed by atoms with E-state index in [1.165, 1.54) is 0 Å². The van der Waals surface area contributed by atoms with Gasteiger partial charge in [0.15, 0.2) is 0 Å². The van der Waals surface area contributed by atoms with E-state index < -0.39 is 23.1 Å². The summed E-state index contributed by atoms with van der Waals surface area (Å²) in [5.74, 6) is -1.54. The fraction of sp³-hybridized carbons (Fsp3) is 0.375. The number of aromatic nitrogens is 2. The van der Waals surface area contributed by atoms with E-state index in [0.29, 0.717) is 36.7 Å². The van der Waals surface area contributed by atoms with Crippen LogP contribution in [0.3, 0.4) is 0 Å². The van der Waals surface area contributed by atoms with E-state index in [9.17, 15) is 24.3 Å². The van der Waals surface area contributed by atoms with E-state index >= 15 is 0 Å². The number of benzene rings is 1. The zero-order valence-corrected chi connectivity index (χ0v) is 13.0. The van der Waals surface area contributed by atoms with Gasteiger partial charge in [0.1, 0.15) is 6.54 Å². The van der Waals surface area contributed by atoms with Gasteiger partial charge in [0, 0.05) is 12.5 Å². The standard InChI is InChI=1S/C16H19N3O5/c20-13(17-9-5-1-2-8-14(21)22)10-19-15(23)11-6-3-4-7-12(11)18-16(19)24/h3-4,6-7H,1-2,5,8-10H2,(H,17,20)(H,18,24)(H,21,22)/p-1. The summed E-state index contributed by atoms with van der Waals surface area (Å²) in [6.07, 6.45) is 1.74. The number of H-pyrrole nitrogens is 1. The molecule has 2 aromatic rings. The Morgan fingerprint density at radius 1 is 1.12 bits per heavy atom. The Kier molecular flexibility index (Phi) is 5.89. The minimum absolute atomic E-state index is 0.00416. The molecule has 0 bridgehead atoms. The maximum Gasteiger partial charge on any atom is 0.329 e. The van der Waals surface area contributed by atoms with Crippen molar-refractivity contribution in [2.75, 3.05) is 6.54 Å². The summed E-state index contributed by atoms with van der Waals surface area (Å²) < 4.78 is 0.855. The van der Waals surface area contributed by atoms with Gasteiger partial charge < -0.3 is 20.2 Å². The molecule has 0 atom stereocenters. The van der Waals surface area contributed by atoms with Gasteiger partial charge in [-0.1, -0.05) is 18.6 Å². The van der Waals surface area contributed by atoms with Gasteiger partial charge in [-0.15, -0.1) is 0 Å². The lowest BCUT2D eigenvalue weighted by Crippen LogP contribution is -2.40. The molecule has 1 aromatic heterocycles. The number of hydrogen-bond donors (Lipinski definition) is 2. The Morgan fingerprint density at radius 2 is 1.88 bits per heavy atom. The highest BCUT2D eigenvalue weighted by Crippen LogP contribution is 2.02. The summed E-state index contributed by atoms with van der Waals surface area (Å²) in [6.45, 7) is -0.00976. The summed E-state index contributed by atoms with van der Waals surface area (Å²) in [5, 5.41) is 13.2. The summed E-state index contributed by atoms with van der Waals surface area (Å²) in [4.78, 5) is 48.9. The molecule has 0 fully saturated rings. The lowest BCUT2D eigenvalue weighted by Gasteiger charge is -2.08. The molecule has 1 heterocycles. The molecule has 0 saturated heterocycles. The van der Waals surface area contributed by atoms with Crippen LogP contribution < -0.4 is 21.7 Å². The van der Waals surface area contributed by atoms with E-state index in [0.717, 1.165) is 4.57 Å². The van der Waals surface area contributed by atoms with E-state index in [1.54, 1.807) is 24.3 Å². The van der Waals surface area contributed by atoms with Crippen molar-refractivity contribution < 1.29 is 14.7 Å². The fourth-order valence-electron chi connectivity index (χ4n) is 2.34. The second-order valence-electron chi connectivity index (χ2n) is 5.40. The third kappa shape index (κ3) is 4.55. The average molecular weight is 332 g/mol. The van der Waals surface area contributed by atoms with Crippen LogP contribution >= 0.6 is 0 Å². The fourth-order valence-corrected chi connectivity index (χ4v) is 2.34. The van der Waals surface area contributed by atoms with Gasteiger partial charge in [0.25, 0.3) is 5.56 Å². The van der Waals surface area contributed by atoms with Gasteiger partial charge >= 0.3 is 5.69 Å². The highest BCUT2D eigenvalue weighted by atomic mass is 16.4. The van der Waals surface area contributed by atoms with Gasteiger partial charge in [0.05, 0.1) is 10.9 Å².